The normalized spacial score (nSPS) is 14.3. The van der Waals surface area contributed by atoms with Crippen LogP contribution >= 0.6 is 0 Å². The Bertz CT molecular complexity index is 894. The molecular formula is C29H43N3O4. The Morgan fingerprint density at radius 3 is 2.36 bits per heavy atom. The maximum Gasteiger partial charge on any atom is 0.408 e. The van der Waals surface area contributed by atoms with E-state index in [1.165, 1.54) is 25.7 Å². The number of hydrogen-bond donors (Lipinski definition) is 3. The van der Waals surface area contributed by atoms with Crippen molar-refractivity contribution in [1.82, 2.24) is 15.6 Å². The van der Waals surface area contributed by atoms with E-state index < -0.39 is 23.6 Å². The number of carbonyl (C=O) groups excluding carboxylic acids is 2. The summed E-state index contributed by atoms with van der Waals surface area (Å²) >= 11 is 0. The molecule has 0 saturated heterocycles. The summed E-state index contributed by atoms with van der Waals surface area (Å²) in [5, 5.41) is 15.6. The molecule has 0 spiro atoms. The number of alkyl carbamates (subject to hydrolysis) is 1. The molecule has 0 saturated carbocycles. The molecule has 0 aliphatic rings. The minimum absolute atomic E-state index is 0.0610. The standard InChI is InChI=1S/C29H43N3O4/c1-4-5-6-7-8-10-15-23(2)31-28(35)36-29(3,21-25-18-13-14-19-30-25)27(34)32-26(22-33)20-24-16-11-9-12-17-24/h9,11-14,16-19,23,26,33H,4-8,10,15,20-22H2,1-3H3,(H,31,35)(H,32,34). The van der Waals surface area contributed by atoms with E-state index in [2.05, 4.69) is 22.5 Å². The van der Waals surface area contributed by atoms with Gasteiger partial charge in [-0.05, 0) is 44.4 Å². The van der Waals surface area contributed by atoms with E-state index in [0.29, 0.717) is 12.1 Å². The Kier molecular flexibility index (Phi) is 13.0. The van der Waals surface area contributed by atoms with Crippen LogP contribution in [0.4, 0.5) is 4.79 Å². The molecule has 2 aromatic rings. The summed E-state index contributed by atoms with van der Waals surface area (Å²) in [4.78, 5) is 30.5. The van der Waals surface area contributed by atoms with Gasteiger partial charge in [-0.25, -0.2) is 4.79 Å². The summed E-state index contributed by atoms with van der Waals surface area (Å²) in [7, 11) is 0. The lowest BCUT2D eigenvalue weighted by molar-refractivity contribution is -0.139. The fourth-order valence-electron chi connectivity index (χ4n) is 4.15. The maximum atomic E-state index is 13.4. The van der Waals surface area contributed by atoms with Crippen molar-refractivity contribution in [2.45, 2.75) is 96.2 Å². The van der Waals surface area contributed by atoms with Crippen molar-refractivity contribution in [3.8, 4) is 0 Å². The molecule has 2 rings (SSSR count). The number of hydrogen-bond acceptors (Lipinski definition) is 5. The van der Waals surface area contributed by atoms with Crippen molar-refractivity contribution in [2.24, 2.45) is 0 Å². The van der Waals surface area contributed by atoms with E-state index in [9.17, 15) is 14.7 Å². The molecule has 198 valence electrons. The van der Waals surface area contributed by atoms with Gasteiger partial charge in [-0.15, -0.1) is 0 Å². The second kappa shape index (κ2) is 15.9. The first-order valence-electron chi connectivity index (χ1n) is 13.2. The van der Waals surface area contributed by atoms with Crippen LogP contribution in [0.3, 0.4) is 0 Å². The maximum absolute atomic E-state index is 13.4. The van der Waals surface area contributed by atoms with Crippen LogP contribution in [0.15, 0.2) is 54.7 Å². The molecule has 3 atom stereocenters. The van der Waals surface area contributed by atoms with E-state index in [4.69, 9.17) is 4.74 Å². The van der Waals surface area contributed by atoms with Crippen LogP contribution in [0.5, 0.6) is 0 Å². The highest BCUT2D eigenvalue weighted by atomic mass is 16.6. The fourth-order valence-corrected chi connectivity index (χ4v) is 4.15. The van der Waals surface area contributed by atoms with Gasteiger partial charge in [0.2, 0.25) is 0 Å². The largest absolute Gasteiger partial charge is 0.433 e. The lowest BCUT2D eigenvalue weighted by Gasteiger charge is -2.30. The predicted octanol–water partition coefficient (Wildman–Crippen LogP) is 4.97. The average molecular weight is 498 g/mol. The number of aliphatic hydroxyl groups is 1. The molecule has 3 unspecified atom stereocenters. The molecule has 1 aromatic heterocycles. The molecule has 1 heterocycles. The Balaban J connectivity index is 2.00. The minimum atomic E-state index is -1.50. The van der Waals surface area contributed by atoms with E-state index in [-0.39, 0.29) is 19.1 Å². The topological polar surface area (TPSA) is 101 Å². The van der Waals surface area contributed by atoms with Crippen LogP contribution in [0.25, 0.3) is 0 Å². The summed E-state index contributed by atoms with van der Waals surface area (Å²) in [6.45, 7) is 5.51. The van der Waals surface area contributed by atoms with Crippen LogP contribution < -0.4 is 10.6 Å². The quantitative estimate of drug-likeness (QED) is 0.284. The van der Waals surface area contributed by atoms with E-state index in [0.717, 1.165) is 24.8 Å². The molecule has 1 aromatic carbocycles. The minimum Gasteiger partial charge on any atom is -0.433 e. The van der Waals surface area contributed by atoms with Crippen molar-refractivity contribution in [3.05, 3.63) is 66.0 Å². The Morgan fingerprint density at radius 2 is 1.69 bits per heavy atom. The van der Waals surface area contributed by atoms with Crippen molar-refractivity contribution >= 4 is 12.0 Å². The summed E-state index contributed by atoms with van der Waals surface area (Å²) in [5.41, 5.74) is 0.125. The zero-order valence-electron chi connectivity index (χ0n) is 22.0. The highest BCUT2D eigenvalue weighted by Gasteiger charge is 2.39. The summed E-state index contributed by atoms with van der Waals surface area (Å²) in [6.07, 6.45) is 9.57. The lowest BCUT2D eigenvalue weighted by atomic mass is 9.97. The molecular weight excluding hydrogens is 454 g/mol. The highest BCUT2D eigenvalue weighted by Crippen LogP contribution is 2.19. The second-order valence-corrected chi connectivity index (χ2v) is 9.76. The van der Waals surface area contributed by atoms with Gasteiger partial charge < -0.3 is 20.5 Å². The zero-order valence-corrected chi connectivity index (χ0v) is 22.0. The number of aliphatic hydroxyl groups excluding tert-OH is 1. The first-order valence-corrected chi connectivity index (χ1v) is 13.2. The summed E-state index contributed by atoms with van der Waals surface area (Å²) < 4.78 is 5.75. The molecule has 7 heteroatoms. The van der Waals surface area contributed by atoms with Crippen LogP contribution in [-0.2, 0) is 22.4 Å². The van der Waals surface area contributed by atoms with E-state index in [1.807, 2.05) is 43.3 Å². The number of nitrogens with zero attached hydrogens (tertiary/aromatic N) is 1. The third-order valence-electron chi connectivity index (χ3n) is 6.28. The van der Waals surface area contributed by atoms with Crippen molar-refractivity contribution in [1.29, 1.82) is 0 Å². The molecule has 0 bridgehead atoms. The Morgan fingerprint density at radius 1 is 1.00 bits per heavy atom. The number of nitrogens with one attached hydrogen (secondary N) is 2. The van der Waals surface area contributed by atoms with Gasteiger partial charge in [0.1, 0.15) is 0 Å². The molecule has 0 aliphatic heterocycles. The van der Waals surface area contributed by atoms with E-state index >= 15 is 0 Å². The van der Waals surface area contributed by atoms with Crippen LogP contribution in [-0.4, -0.2) is 46.4 Å². The van der Waals surface area contributed by atoms with Gasteiger partial charge in [0.25, 0.3) is 5.91 Å². The fraction of sp³-hybridized carbons (Fsp3) is 0.552. The van der Waals surface area contributed by atoms with Gasteiger partial charge in [0.15, 0.2) is 5.60 Å². The smallest absolute Gasteiger partial charge is 0.408 e. The third kappa shape index (κ3) is 10.8. The van der Waals surface area contributed by atoms with Crippen molar-refractivity contribution in [2.75, 3.05) is 6.61 Å². The molecule has 36 heavy (non-hydrogen) atoms. The first-order chi connectivity index (χ1) is 17.4. The molecule has 0 radical (unpaired) electrons. The lowest BCUT2D eigenvalue weighted by Crippen LogP contribution is -2.55. The number of carbonyl (C=O) groups is 2. The number of ether oxygens (including phenoxy) is 1. The van der Waals surface area contributed by atoms with Crippen LogP contribution in [0, 0.1) is 0 Å². The third-order valence-corrected chi connectivity index (χ3v) is 6.28. The monoisotopic (exact) mass is 497 g/mol. The average Bonchev–Trinajstić information content (AvgIpc) is 2.86. The number of unbranched alkanes of at least 4 members (excludes halogenated alkanes) is 5. The number of rotatable bonds is 16. The molecule has 7 nitrogen and oxygen atoms in total. The van der Waals surface area contributed by atoms with Crippen molar-refractivity contribution < 1.29 is 19.4 Å². The highest BCUT2D eigenvalue weighted by molar-refractivity contribution is 5.87. The summed E-state index contributed by atoms with van der Waals surface area (Å²) in [5.74, 6) is -0.470. The zero-order chi connectivity index (χ0) is 26.2. The SMILES string of the molecule is CCCCCCCCC(C)NC(=O)OC(C)(Cc1ccccn1)C(=O)NC(CO)Cc1ccccc1. The van der Waals surface area contributed by atoms with Gasteiger partial charge in [0, 0.05) is 24.4 Å². The number of benzene rings is 1. The molecule has 0 aliphatic carbocycles. The summed E-state index contributed by atoms with van der Waals surface area (Å²) in [6, 6.07) is 14.5. The first kappa shape index (κ1) is 29.3. The Labute approximate surface area is 216 Å². The number of aromatic nitrogens is 1. The van der Waals surface area contributed by atoms with E-state index in [1.54, 1.807) is 25.3 Å². The van der Waals surface area contributed by atoms with Gasteiger partial charge in [-0.3, -0.25) is 9.78 Å². The van der Waals surface area contributed by atoms with Crippen LogP contribution in [0.1, 0.15) is 77.0 Å². The van der Waals surface area contributed by atoms with Crippen molar-refractivity contribution in [3.63, 3.8) is 0 Å². The molecule has 0 fully saturated rings. The van der Waals surface area contributed by atoms with Gasteiger partial charge >= 0.3 is 6.09 Å². The van der Waals surface area contributed by atoms with Gasteiger partial charge in [-0.1, -0.05) is 81.8 Å². The van der Waals surface area contributed by atoms with Gasteiger partial charge in [-0.2, -0.15) is 0 Å². The molecule has 2 amide bonds. The number of pyridine rings is 1. The second-order valence-electron chi connectivity index (χ2n) is 9.76. The van der Waals surface area contributed by atoms with Gasteiger partial charge in [0.05, 0.1) is 12.6 Å². The Hall–Kier alpha value is -2.93. The predicted molar refractivity (Wildman–Crippen MR) is 143 cm³/mol. The van der Waals surface area contributed by atoms with Crippen LogP contribution in [0.2, 0.25) is 0 Å². The number of amides is 2. The molecule has 3 N–H and O–H groups in total.